The van der Waals surface area contributed by atoms with E-state index in [4.69, 9.17) is 4.74 Å². The largest absolute Gasteiger partial charge is 0.466 e. The van der Waals surface area contributed by atoms with E-state index >= 15 is 0 Å². The highest BCUT2D eigenvalue weighted by Crippen LogP contribution is 2.15. The van der Waals surface area contributed by atoms with E-state index in [0.717, 1.165) is 51.4 Å². The molecule has 6 nitrogen and oxygen atoms in total. The molecule has 3 N–H and O–H groups in total. The van der Waals surface area contributed by atoms with Crippen molar-refractivity contribution in [3.05, 3.63) is 36.5 Å². The first-order valence-electron chi connectivity index (χ1n) is 26.8. The number of ether oxygens (including phenoxy) is 1. The molecule has 0 aliphatic rings. The number of aliphatic hydroxyl groups is 2. The summed E-state index contributed by atoms with van der Waals surface area (Å²) in [6, 6.07) is -0.631. The van der Waals surface area contributed by atoms with Crippen LogP contribution in [0.15, 0.2) is 36.5 Å². The van der Waals surface area contributed by atoms with Gasteiger partial charge in [0.2, 0.25) is 5.91 Å². The van der Waals surface area contributed by atoms with Crippen LogP contribution < -0.4 is 5.32 Å². The molecule has 1 amide bonds. The fourth-order valence-corrected chi connectivity index (χ4v) is 7.97. The highest BCUT2D eigenvalue weighted by Gasteiger charge is 2.18. The van der Waals surface area contributed by atoms with Gasteiger partial charge in [0.05, 0.1) is 25.4 Å². The first kappa shape index (κ1) is 59.1. The number of rotatable bonds is 49. The molecule has 0 fully saturated rings. The first-order valence-corrected chi connectivity index (χ1v) is 26.8. The molecule has 0 aromatic heterocycles. The molecule has 0 bridgehead atoms. The van der Waals surface area contributed by atoms with E-state index in [-0.39, 0.29) is 18.5 Å². The summed E-state index contributed by atoms with van der Waals surface area (Å²) in [5, 5.41) is 22.9. The Morgan fingerprint density at radius 2 is 0.770 bits per heavy atom. The third-order valence-corrected chi connectivity index (χ3v) is 12.1. The van der Waals surface area contributed by atoms with Gasteiger partial charge in [0.25, 0.3) is 0 Å². The van der Waals surface area contributed by atoms with Crippen LogP contribution in [0.25, 0.3) is 0 Å². The topological polar surface area (TPSA) is 95.9 Å². The van der Waals surface area contributed by atoms with Gasteiger partial charge in [-0.2, -0.15) is 0 Å². The van der Waals surface area contributed by atoms with Crippen molar-refractivity contribution in [2.75, 3.05) is 13.2 Å². The van der Waals surface area contributed by atoms with Crippen LogP contribution in [0.4, 0.5) is 0 Å². The predicted molar refractivity (Wildman–Crippen MR) is 264 cm³/mol. The third-order valence-electron chi connectivity index (χ3n) is 12.1. The maximum atomic E-state index is 12.4. The van der Waals surface area contributed by atoms with Gasteiger partial charge in [-0.1, -0.05) is 217 Å². The highest BCUT2D eigenvalue weighted by molar-refractivity contribution is 5.76. The van der Waals surface area contributed by atoms with E-state index in [0.29, 0.717) is 19.4 Å². The Labute approximate surface area is 379 Å². The zero-order valence-corrected chi connectivity index (χ0v) is 40.6. The molecule has 0 saturated heterocycles. The van der Waals surface area contributed by atoms with Gasteiger partial charge in [-0.05, 0) is 83.5 Å². The van der Waals surface area contributed by atoms with E-state index in [1.54, 1.807) is 6.08 Å². The lowest BCUT2D eigenvalue weighted by molar-refractivity contribution is -0.143. The Morgan fingerprint density at radius 1 is 0.443 bits per heavy atom. The lowest BCUT2D eigenvalue weighted by atomic mass is 10.0. The van der Waals surface area contributed by atoms with Crippen molar-refractivity contribution < 1.29 is 24.5 Å². The summed E-state index contributed by atoms with van der Waals surface area (Å²) in [6.07, 6.45) is 61.6. The summed E-state index contributed by atoms with van der Waals surface area (Å²) in [4.78, 5) is 24.4. The Kier molecular flexibility index (Phi) is 49.1. The quantitative estimate of drug-likeness (QED) is 0.0322. The minimum Gasteiger partial charge on any atom is -0.466 e. The van der Waals surface area contributed by atoms with Crippen molar-refractivity contribution in [3.8, 4) is 0 Å². The molecular weight excluding hydrogens is 755 g/mol. The van der Waals surface area contributed by atoms with E-state index in [2.05, 4.69) is 43.5 Å². The van der Waals surface area contributed by atoms with Gasteiger partial charge in [0.15, 0.2) is 0 Å². The number of hydrogen-bond acceptors (Lipinski definition) is 5. The van der Waals surface area contributed by atoms with Crippen LogP contribution in [0.2, 0.25) is 0 Å². The summed E-state index contributed by atoms with van der Waals surface area (Å²) in [6.45, 7) is 4.85. The second-order valence-corrected chi connectivity index (χ2v) is 18.2. The molecule has 0 aliphatic carbocycles. The molecule has 6 heteroatoms. The average molecular weight is 858 g/mol. The van der Waals surface area contributed by atoms with Crippen LogP contribution in [0.3, 0.4) is 0 Å². The molecular formula is C55H103NO5. The summed E-state index contributed by atoms with van der Waals surface area (Å²) in [5.74, 6) is -0.0791. The fraction of sp³-hybridized carbons (Fsp3) is 0.855. The summed E-state index contributed by atoms with van der Waals surface area (Å²) in [7, 11) is 0. The van der Waals surface area contributed by atoms with E-state index in [9.17, 15) is 19.8 Å². The van der Waals surface area contributed by atoms with Crippen molar-refractivity contribution in [2.24, 2.45) is 0 Å². The second kappa shape index (κ2) is 50.7. The van der Waals surface area contributed by atoms with Crippen molar-refractivity contribution >= 4 is 11.9 Å². The molecule has 0 aliphatic heterocycles. The average Bonchev–Trinajstić information content (AvgIpc) is 3.26. The van der Waals surface area contributed by atoms with Crippen LogP contribution in [-0.4, -0.2) is 47.4 Å². The second-order valence-electron chi connectivity index (χ2n) is 18.2. The van der Waals surface area contributed by atoms with Gasteiger partial charge in [0.1, 0.15) is 0 Å². The number of nitrogens with one attached hydrogen (secondary N) is 1. The number of carbonyl (C=O) groups excluding carboxylic acids is 2. The van der Waals surface area contributed by atoms with Gasteiger partial charge < -0.3 is 20.3 Å². The molecule has 0 spiro atoms. The molecule has 0 radical (unpaired) electrons. The van der Waals surface area contributed by atoms with Gasteiger partial charge in [-0.3, -0.25) is 9.59 Å². The predicted octanol–water partition coefficient (Wildman–Crippen LogP) is 16.1. The van der Waals surface area contributed by atoms with Crippen LogP contribution >= 0.6 is 0 Å². The molecule has 0 aromatic carbocycles. The molecule has 0 rings (SSSR count). The Balaban J connectivity index is 3.43. The van der Waals surface area contributed by atoms with E-state index < -0.39 is 12.1 Å². The molecule has 0 heterocycles. The Hall–Kier alpha value is -1.92. The van der Waals surface area contributed by atoms with Gasteiger partial charge >= 0.3 is 5.97 Å². The van der Waals surface area contributed by atoms with E-state index in [1.165, 1.54) is 199 Å². The number of unbranched alkanes of at least 4 members (excludes halogenated alkanes) is 34. The Morgan fingerprint density at radius 3 is 1.20 bits per heavy atom. The smallest absolute Gasteiger partial charge is 0.305 e. The monoisotopic (exact) mass is 858 g/mol. The molecule has 61 heavy (non-hydrogen) atoms. The van der Waals surface area contributed by atoms with Crippen molar-refractivity contribution in [1.29, 1.82) is 0 Å². The van der Waals surface area contributed by atoms with Gasteiger partial charge in [-0.25, -0.2) is 0 Å². The number of allylic oxidation sites excluding steroid dienone is 5. The molecule has 2 unspecified atom stereocenters. The van der Waals surface area contributed by atoms with Gasteiger partial charge in [-0.15, -0.1) is 0 Å². The zero-order valence-electron chi connectivity index (χ0n) is 40.6. The van der Waals surface area contributed by atoms with Crippen LogP contribution in [0, 0.1) is 0 Å². The maximum absolute atomic E-state index is 12.4. The fourth-order valence-electron chi connectivity index (χ4n) is 7.97. The van der Waals surface area contributed by atoms with Crippen LogP contribution in [-0.2, 0) is 14.3 Å². The third kappa shape index (κ3) is 47.4. The number of hydrogen-bond donors (Lipinski definition) is 3. The number of amides is 1. The normalized spacial score (nSPS) is 12.9. The number of esters is 1. The molecule has 358 valence electrons. The number of aliphatic hydroxyl groups excluding tert-OH is 2. The molecule has 0 aromatic rings. The SMILES string of the molecule is CCCCC/C=C\CCCCCCCC(=O)OCCCCCCCCCCCCC/C=C\CCCCCCCCCC(=O)NC(CO)C(O)/C=C/CCCCCCCCCC. The zero-order chi connectivity index (χ0) is 44.4. The van der Waals surface area contributed by atoms with Crippen molar-refractivity contribution in [3.63, 3.8) is 0 Å². The summed E-state index contributed by atoms with van der Waals surface area (Å²) < 4.78 is 5.45. The van der Waals surface area contributed by atoms with E-state index in [1.807, 2.05) is 6.08 Å². The highest BCUT2D eigenvalue weighted by atomic mass is 16.5. The lowest BCUT2D eigenvalue weighted by Gasteiger charge is -2.20. The standard InChI is InChI=1S/C55H103NO5/c1-3-5-7-9-11-13-15-29-33-37-41-45-49-55(60)61-50-46-42-38-34-30-27-25-23-21-19-17-16-18-20-22-24-26-28-32-36-40-44-48-54(59)56-52(51-57)53(58)47-43-39-35-31-14-12-10-8-6-4-2/h11,13,18,20,43,47,52-53,57-58H,3-10,12,14-17,19,21-42,44-46,48-51H2,1-2H3,(H,56,59)/b13-11-,20-18-,47-43+. The van der Waals surface area contributed by atoms with Crippen LogP contribution in [0.1, 0.15) is 277 Å². The minimum atomic E-state index is -0.847. The van der Waals surface area contributed by atoms with Gasteiger partial charge in [0, 0.05) is 12.8 Å². The van der Waals surface area contributed by atoms with Crippen molar-refractivity contribution in [2.45, 2.75) is 289 Å². The summed E-state index contributed by atoms with van der Waals surface area (Å²) in [5.41, 5.74) is 0. The molecule has 2 atom stereocenters. The molecule has 0 saturated carbocycles. The van der Waals surface area contributed by atoms with Crippen molar-refractivity contribution in [1.82, 2.24) is 5.32 Å². The Bertz CT molecular complexity index is 993. The lowest BCUT2D eigenvalue weighted by Crippen LogP contribution is -2.45. The minimum absolute atomic E-state index is 0.00149. The number of carbonyl (C=O) groups is 2. The first-order chi connectivity index (χ1) is 30.0. The summed E-state index contributed by atoms with van der Waals surface area (Å²) >= 11 is 0. The maximum Gasteiger partial charge on any atom is 0.305 e. The van der Waals surface area contributed by atoms with Crippen LogP contribution in [0.5, 0.6) is 0 Å².